The largest absolute Gasteiger partial charge is 0.370 e. The highest BCUT2D eigenvalue weighted by atomic mass is 32.2. The molecule has 0 radical (unpaired) electrons. The number of fused-ring (bicyclic) bond motifs is 1. The maximum Gasteiger partial charge on any atom is 0.201 e. The van der Waals surface area contributed by atoms with Crippen molar-refractivity contribution in [2.45, 2.75) is 24.0 Å². The summed E-state index contributed by atoms with van der Waals surface area (Å²) < 4.78 is 1.94. The summed E-state index contributed by atoms with van der Waals surface area (Å²) in [5.41, 5.74) is 1.85. The molecule has 20 heavy (non-hydrogen) atoms. The van der Waals surface area contributed by atoms with Crippen LogP contribution in [0, 0.1) is 6.92 Å². The highest BCUT2D eigenvalue weighted by Gasteiger charge is 2.12. The quantitative estimate of drug-likeness (QED) is 0.743. The van der Waals surface area contributed by atoms with E-state index in [-0.39, 0.29) is 0 Å². The standard InChI is InChI=1S/C13H14N6S/c1-3-14-11-9(2)12(16-8-15-11)20-13-18-17-10-6-4-5-7-19(10)13/h4-8H,3H2,1-2H3,(H,14,15,16). The van der Waals surface area contributed by atoms with Crippen LogP contribution in [0.1, 0.15) is 12.5 Å². The third kappa shape index (κ3) is 2.32. The molecule has 3 aromatic heterocycles. The zero-order valence-electron chi connectivity index (χ0n) is 11.2. The highest BCUT2D eigenvalue weighted by Crippen LogP contribution is 2.29. The van der Waals surface area contributed by atoms with Gasteiger partial charge in [-0.2, -0.15) is 0 Å². The average Bonchev–Trinajstić information content (AvgIpc) is 2.87. The maximum absolute atomic E-state index is 4.33. The molecule has 7 heteroatoms. The molecule has 0 unspecified atom stereocenters. The van der Waals surface area contributed by atoms with E-state index in [1.54, 1.807) is 6.33 Å². The van der Waals surface area contributed by atoms with Crippen molar-refractivity contribution in [1.82, 2.24) is 24.6 Å². The molecule has 0 atom stereocenters. The Morgan fingerprint density at radius 1 is 1.25 bits per heavy atom. The van der Waals surface area contributed by atoms with Gasteiger partial charge in [-0.05, 0) is 37.7 Å². The van der Waals surface area contributed by atoms with Crippen molar-refractivity contribution < 1.29 is 0 Å². The van der Waals surface area contributed by atoms with E-state index in [0.717, 1.165) is 33.8 Å². The molecule has 0 saturated heterocycles. The molecule has 0 saturated carbocycles. The van der Waals surface area contributed by atoms with Crippen molar-refractivity contribution in [1.29, 1.82) is 0 Å². The lowest BCUT2D eigenvalue weighted by atomic mass is 10.3. The van der Waals surface area contributed by atoms with Crippen LogP contribution in [0.3, 0.4) is 0 Å². The summed E-state index contributed by atoms with van der Waals surface area (Å²) >= 11 is 1.49. The Bertz CT molecular complexity index is 739. The summed E-state index contributed by atoms with van der Waals surface area (Å²) in [5, 5.41) is 13.2. The Hall–Kier alpha value is -2.15. The lowest BCUT2D eigenvalue weighted by molar-refractivity contribution is 0.910. The summed E-state index contributed by atoms with van der Waals surface area (Å²) in [6.45, 7) is 4.87. The van der Waals surface area contributed by atoms with Crippen LogP contribution in [0.2, 0.25) is 0 Å². The number of anilines is 1. The van der Waals surface area contributed by atoms with Gasteiger partial charge in [-0.1, -0.05) is 6.07 Å². The summed E-state index contributed by atoms with van der Waals surface area (Å²) in [7, 11) is 0. The van der Waals surface area contributed by atoms with E-state index in [1.807, 2.05) is 42.6 Å². The Labute approximate surface area is 120 Å². The predicted molar refractivity (Wildman–Crippen MR) is 78.0 cm³/mol. The Morgan fingerprint density at radius 2 is 2.15 bits per heavy atom. The van der Waals surface area contributed by atoms with Gasteiger partial charge in [0.05, 0.1) is 0 Å². The third-order valence-corrected chi connectivity index (χ3v) is 3.92. The summed E-state index contributed by atoms with van der Waals surface area (Å²) in [5.74, 6) is 0.860. The first kappa shape index (κ1) is 12.9. The van der Waals surface area contributed by atoms with Crippen LogP contribution in [0.15, 0.2) is 40.9 Å². The van der Waals surface area contributed by atoms with Crippen LogP contribution in [0.25, 0.3) is 5.65 Å². The van der Waals surface area contributed by atoms with Crippen molar-refractivity contribution >= 4 is 23.2 Å². The zero-order valence-corrected chi connectivity index (χ0v) is 12.1. The van der Waals surface area contributed by atoms with Gasteiger partial charge in [-0.15, -0.1) is 10.2 Å². The van der Waals surface area contributed by atoms with E-state index >= 15 is 0 Å². The molecule has 0 spiro atoms. The van der Waals surface area contributed by atoms with Crippen LogP contribution in [-0.4, -0.2) is 31.1 Å². The second-order valence-corrected chi connectivity index (χ2v) is 5.15. The van der Waals surface area contributed by atoms with Gasteiger partial charge in [0.2, 0.25) is 5.16 Å². The number of hydrogen-bond acceptors (Lipinski definition) is 6. The molecular weight excluding hydrogens is 272 g/mol. The predicted octanol–water partition coefficient (Wildman–Crippen LogP) is 2.41. The minimum Gasteiger partial charge on any atom is -0.370 e. The second kappa shape index (κ2) is 5.46. The van der Waals surface area contributed by atoms with Crippen LogP contribution < -0.4 is 5.32 Å². The molecule has 0 bridgehead atoms. The molecule has 0 fully saturated rings. The molecule has 1 N–H and O–H groups in total. The number of pyridine rings is 1. The summed E-state index contributed by atoms with van der Waals surface area (Å²) in [4.78, 5) is 8.58. The van der Waals surface area contributed by atoms with Crippen molar-refractivity contribution in [3.05, 3.63) is 36.3 Å². The van der Waals surface area contributed by atoms with Crippen LogP contribution in [0.4, 0.5) is 5.82 Å². The number of nitrogens with zero attached hydrogens (tertiary/aromatic N) is 5. The zero-order chi connectivity index (χ0) is 13.9. The van der Waals surface area contributed by atoms with Gasteiger partial charge < -0.3 is 5.32 Å². The van der Waals surface area contributed by atoms with E-state index in [2.05, 4.69) is 25.5 Å². The summed E-state index contributed by atoms with van der Waals surface area (Å²) in [6, 6.07) is 5.82. The van der Waals surface area contributed by atoms with Gasteiger partial charge in [-0.3, -0.25) is 4.40 Å². The van der Waals surface area contributed by atoms with E-state index in [1.165, 1.54) is 11.8 Å². The van der Waals surface area contributed by atoms with Crippen LogP contribution in [0.5, 0.6) is 0 Å². The van der Waals surface area contributed by atoms with Gasteiger partial charge in [0.25, 0.3) is 0 Å². The topological polar surface area (TPSA) is 68.0 Å². The lowest BCUT2D eigenvalue weighted by Crippen LogP contribution is -2.03. The SMILES string of the molecule is CCNc1ncnc(Sc2nnc3ccccn23)c1C. The van der Waals surface area contributed by atoms with E-state index in [9.17, 15) is 0 Å². The van der Waals surface area contributed by atoms with E-state index in [0.29, 0.717) is 0 Å². The van der Waals surface area contributed by atoms with Gasteiger partial charge >= 0.3 is 0 Å². The minimum absolute atomic E-state index is 0.796. The number of rotatable bonds is 4. The average molecular weight is 286 g/mol. The Kier molecular flexibility index (Phi) is 3.51. The molecule has 0 aliphatic carbocycles. The molecule has 0 aliphatic heterocycles. The fourth-order valence-corrected chi connectivity index (χ4v) is 2.72. The van der Waals surface area contributed by atoms with Crippen molar-refractivity contribution in [2.75, 3.05) is 11.9 Å². The lowest BCUT2D eigenvalue weighted by Gasteiger charge is -2.08. The first-order chi connectivity index (χ1) is 9.79. The van der Waals surface area contributed by atoms with Crippen molar-refractivity contribution in [2.24, 2.45) is 0 Å². The molecule has 0 aliphatic rings. The van der Waals surface area contributed by atoms with Gasteiger partial charge in [0, 0.05) is 18.3 Å². The molecule has 3 heterocycles. The molecular formula is C13H14N6S. The molecule has 102 valence electrons. The first-order valence-electron chi connectivity index (χ1n) is 6.32. The van der Waals surface area contributed by atoms with Crippen molar-refractivity contribution in [3.63, 3.8) is 0 Å². The monoisotopic (exact) mass is 286 g/mol. The minimum atomic E-state index is 0.796. The molecule has 6 nitrogen and oxygen atoms in total. The van der Waals surface area contributed by atoms with Gasteiger partial charge in [0.15, 0.2) is 5.65 Å². The fourth-order valence-electron chi connectivity index (χ4n) is 1.86. The molecule has 3 rings (SSSR count). The number of aromatic nitrogens is 5. The Morgan fingerprint density at radius 3 is 3.00 bits per heavy atom. The van der Waals surface area contributed by atoms with Crippen LogP contribution in [-0.2, 0) is 0 Å². The second-order valence-electron chi connectivity index (χ2n) is 4.20. The number of hydrogen-bond donors (Lipinski definition) is 1. The Balaban J connectivity index is 1.97. The maximum atomic E-state index is 4.33. The van der Waals surface area contributed by atoms with Crippen molar-refractivity contribution in [3.8, 4) is 0 Å². The number of nitrogens with one attached hydrogen (secondary N) is 1. The van der Waals surface area contributed by atoms with Gasteiger partial charge in [-0.25, -0.2) is 9.97 Å². The first-order valence-corrected chi connectivity index (χ1v) is 7.14. The fraction of sp³-hybridized carbons (Fsp3) is 0.231. The summed E-state index contributed by atoms with van der Waals surface area (Å²) in [6.07, 6.45) is 3.51. The highest BCUT2D eigenvalue weighted by molar-refractivity contribution is 7.99. The third-order valence-electron chi connectivity index (χ3n) is 2.85. The molecule has 0 amide bonds. The smallest absolute Gasteiger partial charge is 0.201 e. The van der Waals surface area contributed by atoms with E-state index in [4.69, 9.17) is 0 Å². The molecule has 0 aromatic carbocycles. The van der Waals surface area contributed by atoms with E-state index < -0.39 is 0 Å². The van der Waals surface area contributed by atoms with Crippen LogP contribution >= 0.6 is 11.8 Å². The molecule has 3 aromatic rings. The van der Waals surface area contributed by atoms with Gasteiger partial charge in [0.1, 0.15) is 17.2 Å². The normalized spacial score (nSPS) is 10.9.